The van der Waals surface area contributed by atoms with Gasteiger partial charge in [0.25, 0.3) is 0 Å². The predicted molar refractivity (Wildman–Crippen MR) is 137 cm³/mol. The molecule has 0 aliphatic rings. The minimum Gasteiger partial charge on any atom is -0.497 e. The number of carbonyl (C=O) groups excluding carboxylic acids is 2. The monoisotopic (exact) mass is 545 g/mol. The fraction of sp³-hybridized carbons (Fsp3) is 0.391. The van der Waals surface area contributed by atoms with Gasteiger partial charge < -0.3 is 19.7 Å². The van der Waals surface area contributed by atoms with Crippen molar-refractivity contribution in [2.75, 3.05) is 37.9 Å². The molecule has 0 saturated carbocycles. The summed E-state index contributed by atoms with van der Waals surface area (Å²) in [6, 6.07) is 8.45. The van der Waals surface area contributed by atoms with Crippen molar-refractivity contribution in [2.45, 2.75) is 26.4 Å². The lowest BCUT2D eigenvalue weighted by atomic mass is 10.1. The largest absolute Gasteiger partial charge is 0.497 e. The highest BCUT2D eigenvalue weighted by Crippen LogP contribution is 2.34. The van der Waals surface area contributed by atoms with Crippen LogP contribution in [0.5, 0.6) is 11.5 Å². The summed E-state index contributed by atoms with van der Waals surface area (Å²) in [5.41, 5.74) is 0.702. The zero-order chi connectivity index (χ0) is 26.3. The molecule has 0 bridgehead atoms. The van der Waals surface area contributed by atoms with Crippen molar-refractivity contribution in [2.24, 2.45) is 0 Å². The normalized spacial score (nSPS) is 12.0. The van der Waals surface area contributed by atoms with Crippen LogP contribution in [0, 0.1) is 0 Å². The first kappa shape index (κ1) is 28.5. The Balaban J connectivity index is 2.48. The second kappa shape index (κ2) is 12.3. The summed E-state index contributed by atoms with van der Waals surface area (Å²) in [5.74, 6) is -0.349. The quantitative estimate of drug-likeness (QED) is 0.464. The summed E-state index contributed by atoms with van der Waals surface area (Å²) in [6.07, 6.45) is 0.984. The second-order valence-electron chi connectivity index (χ2n) is 7.64. The molecule has 2 aromatic rings. The molecule has 0 spiro atoms. The number of rotatable bonds is 11. The van der Waals surface area contributed by atoms with Crippen LogP contribution < -0.4 is 19.1 Å². The molecular weight excluding hydrogens is 517 g/mol. The Kier molecular flexibility index (Phi) is 10.1. The third-order valence-electron chi connectivity index (χ3n) is 5.21. The van der Waals surface area contributed by atoms with Crippen LogP contribution in [-0.2, 0) is 26.2 Å². The number of ether oxygens (including phenoxy) is 2. The third kappa shape index (κ3) is 7.39. The van der Waals surface area contributed by atoms with Crippen LogP contribution in [0.25, 0.3) is 0 Å². The van der Waals surface area contributed by atoms with E-state index in [0.717, 1.165) is 10.6 Å². The molecular formula is C23H29Cl2N3O6S. The Labute approximate surface area is 215 Å². The summed E-state index contributed by atoms with van der Waals surface area (Å²) < 4.78 is 36.9. The fourth-order valence-corrected chi connectivity index (χ4v) is 4.65. The van der Waals surface area contributed by atoms with Crippen molar-refractivity contribution >= 4 is 50.7 Å². The van der Waals surface area contributed by atoms with Crippen molar-refractivity contribution in [3.63, 3.8) is 0 Å². The molecule has 0 aliphatic heterocycles. The highest BCUT2D eigenvalue weighted by Gasteiger charge is 2.31. The molecule has 2 rings (SSSR count). The number of hydrogen-bond acceptors (Lipinski definition) is 6. The average molecular weight is 546 g/mol. The summed E-state index contributed by atoms with van der Waals surface area (Å²) >= 11 is 12.3. The summed E-state index contributed by atoms with van der Waals surface area (Å²) in [4.78, 5) is 27.4. The summed E-state index contributed by atoms with van der Waals surface area (Å²) in [6.45, 7) is 3.08. The Hall–Kier alpha value is -2.69. The zero-order valence-corrected chi connectivity index (χ0v) is 22.5. The fourth-order valence-electron chi connectivity index (χ4n) is 3.32. The van der Waals surface area contributed by atoms with Gasteiger partial charge in [-0.2, -0.15) is 0 Å². The van der Waals surface area contributed by atoms with Gasteiger partial charge >= 0.3 is 0 Å². The molecule has 2 aromatic carbocycles. The van der Waals surface area contributed by atoms with E-state index in [0.29, 0.717) is 27.9 Å². The maximum atomic E-state index is 13.5. The van der Waals surface area contributed by atoms with Gasteiger partial charge in [0.05, 0.1) is 26.2 Å². The number of hydrogen-bond donors (Lipinski definition) is 1. The molecule has 2 amide bonds. The Morgan fingerprint density at radius 2 is 1.77 bits per heavy atom. The average Bonchev–Trinajstić information content (AvgIpc) is 2.80. The predicted octanol–water partition coefficient (Wildman–Crippen LogP) is 3.33. The summed E-state index contributed by atoms with van der Waals surface area (Å²) in [5, 5.41) is 3.42. The number of carbonyl (C=O) groups is 2. The van der Waals surface area contributed by atoms with Crippen molar-refractivity contribution in [3.05, 3.63) is 52.0 Å². The Bertz CT molecular complexity index is 1180. The van der Waals surface area contributed by atoms with Crippen LogP contribution in [-0.4, -0.2) is 64.7 Å². The van der Waals surface area contributed by atoms with Crippen molar-refractivity contribution in [1.82, 2.24) is 10.2 Å². The molecule has 0 unspecified atom stereocenters. The first-order valence-corrected chi connectivity index (χ1v) is 13.2. The molecule has 12 heteroatoms. The number of benzene rings is 2. The molecule has 1 N–H and O–H groups in total. The van der Waals surface area contributed by atoms with Gasteiger partial charge in [-0.1, -0.05) is 29.3 Å². The standard InChI is InChI=1S/C23H29Cl2N3O6S/c1-6-26-23(30)15(2)27(13-16-7-8-17(24)11-19(16)25)22(29)14-28(35(5,31)32)20-10-9-18(33-3)12-21(20)34-4/h7-12,15H,6,13-14H2,1-5H3,(H,26,30)/t15-/m1/s1. The topological polar surface area (TPSA) is 105 Å². The van der Waals surface area contributed by atoms with Gasteiger partial charge in [-0.05, 0) is 43.7 Å². The van der Waals surface area contributed by atoms with Crippen LogP contribution in [0.2, 0.25) is 10.0 Å². The minimum absolute atomic E-state index is 0.0372. The molecule has 0 radical (unpaired) electrons. The molecule has 0 aliphatic carbocycles. The van der Waals surface area contributed by atoms with Gasteiger partial charge in [0.1, 0.15) is 24.1 Å². The van der Waals surface area contributed by atoms with Gasteiger partial charge in [0, 0.05) is 29.2 Å². The molecule has 1 atom stereocenters. The maximum absolute atomic E-state index is 13.5. The number of sulfonamides is 1. The maximum Gasteiger partial charge on any atom is 0.244 e. The van der Waals surface area contributed by atoms with E-state index in [2.05, 4.69) is 5.32 Å². The van der Waals surface area contributed by atoms with E-state index in [1.54, 1.807) is 32.0 Å². The molecule has 0 aromatic heterocycles. The van der Waals surface area contributed by atoms with Crippen molar-refractivity contribution < 1.29 is 27.5 Å². The number of halogens is 2. The summed E-state index contributed by atoms with van der Waals surface area (Å²) in [7, 11) is -1.07. The number of methoxy groups -OCH3 is 2. The van der Waals surface area contributed by atoms with E-state index in [-0.39, 0.29) is 23.9 Å². The Morgan fingerprint density at radius 3 is 2.31 bits per heavy atom. The van der Waals surface area contributed by atoms with Gasteiger partial charge in [-0.15, -0.1) is 0 Å². The molecule has 192 valence electrons. The molecule has 0 fully saturated rings. The van der Waals surface area contributed by atoms with E-state index in [1.165, 1.54) is 37.3 Å². The molecule has 35 heavy (non-hydrogen) atoms. The number of nitrogens with one attached hydrogen (secondary N) is 1. The number of amides is 2. The van der Waals surface area contributed by atoms with E-state index in [4.69, 9.17) is 32.7 Å². The van der Waals surface area contributed by atoms with Gasteiger partial charge in [0.15, 0.2) is 0 Å². The second-order valence-corrected chi connectivity index (χ2v) is 10.4. The smallest absolute Gasteiger partial charge is 0.244 e. The molecule has 0 saturated heterocycles. The van der Waals surface area contributed by atoms with Gasteiger partial charge in [-0.3, -0.25) is 13.9 Å². The first-order chi connectivity index (χ1) is 16.4. The number of nitrogens with zero attached hydrogens (tertiary/aromatic N) is 2. The lowest BCUT2D eigenvalue weighted by Crippen LogP contribution is -2.51. The first-order valence-electron chi connectivity index (χ1n) is 10.6. The third-order valence-corrected chi connectivity index (χ3v) is 6.92. The van der Waals surface area contributed by atoms with Crippen LogP contribution in [0.3, 0.4) is 0 Å². The lowest BCUT2D eigenvalue weighted by Gasteiger charge is -2.32. The zero-order valence-electron chi connectivity index (χ0n) is 20.2. The Morgan fingerprint density at radius 1 is 1.09 bits per heavy atom. The number of likely N-dealkylation sites (N-methyl/N-ethyl adjacent to an activating group) is 1. The van der Waals surface area contributed by atoms with E-state index < -0.39 is 28.5 Å². The van der Waals surface area contributed by atoms with Gasteiger partial charge in [0.2, 0.25) is 21.8 Å². The van der Waals surface area contributed by atoms with Crippen LogP contribution >= 0.6 is 23.2 Å². The van der Waals surface area contributed by atoms with Crippen LogP contribution in [0.4, 0.5) is 5.69 Å². The van der Waals surface area contributed by atoms with Crippen molar-refractivity contribution in [1.29, 1.82) is 0 Å². The van der Waals surface area contributed by atoms with Crippen LogP contribution in [0.1, 0.15) is 19.4 Å². The van der Waals surface area contributed by atoms with Gasteiger partial charge in [-0.25, -0.2) is 8.42 Å². The molecule has 0 heterocycles. The molecule has 9 nitrogen and oxygen atoms in total. The highest BCUT2D eigenvalue weighted by atomic mass is 35.5. The van der Waals surface area contributed by atoms with E-state index >= 15 is 0 Å². The highest BCUT2D eigenvalue weighted by molar-refractivity contribution is 7.92. The van der Waals surface area contributed by atoms with E-state index in [1.807, 2.05) is 0 Å². The van der Waals surface area contributed by atoms with Crippen LogP contribution in [0.15, 0.2) is 36.4 Å². The van der Waals surface area contributed by atoms with E-state index in [9.17, 15) is 18.0 Å². The minimum atomic E-state index is -3.92. The SMILES string of the molecule is CCNC(=O)[C@@H](C)N(Cc1ccc(Cl)cc1Cl)C(=O)CN(c1ccc(OC)cc1OC)S(C)(=O)=O. The number of anilines is 1. The lowest BCUT2D eigenvalue weighted by molar-refractivity contribution is -0.139. The van der Waals surface area contributed by atoms with Crippen molar-refractivity contribution in [3.8, 4) is 11.5 Å².